The number of carbonyl (C=O) groups excluding carboxylic acids is 1. The first-order valence-corrected chi connectivity index (χ1v) is 7.58. The van der Waals surface area contributed by atoms with Gasteiger partial charge in [0.05, 0.1) is 18.1 Å². The van der Waals surface area contributed by atoms with E-state index in [2.05, 4.69) is 5.32 Å². The van der Waals surface area contributed by atoms with E-state index in [0.29, 0.717) is 19.5 Å². The van der Waals surface area contributed by atoms with Gasteiger partial charge in [0.25, 0.3) is 0 Å². The van der Waals surface area contributed by atoms with E-state index in [0.717, 1.165) is 0 Å². The lowest BCUT2D eigenvalue weighted by Crippen LogP contribution is -2.72. The lowest BCUT2D eigenvalue weighted by molar-refractivity contribution is -0.141. The van der Waals surface area contributed by atoms with Crippen molar-refractivity contribution in [2.45, 2.75) is 70.7 Å². The number of carboxylic acids is 1. The number of likely N-dealkylation sites (tertiary alicyclic amines) is 1. The zero-order chi connectivity index (χ0) is 17.1. The summed E-state index contributed by atoms with van der Waals surface area (Å²) in [6.07, 6.45) is -0.450. The molecule has 1 heterocycles. The molecule has 0 saturated carbocycles. The lowest BCUT2D eigenvalue weighted by Gasteiger charge is -2.51. The van der Waals surface area contributed by atoms with E-state index in [-0.39, 0.29) is 12.5 Å². The van der Waals surface area contributed by atoms with Gasteiger partial charge in [-0.15, -0.1) is 0 Å². The van der Waals surface area contributed by atoms with Crippen molar-refractivity contribution in [2.24, 2.45) is 0 Å². The van der Waals surface area contributed by atoms with Gasteiger partial charge in [-0.1, -0.05) is 0 Å². The highest BCUT2D eigenvalue weighted by molar-refractivity contribution is 5.73. The van der Waals surface area contributed by atoms with Crippen molar-refractivity contribution in [3.8, 4) is 0 Å². The zero-order valence-electron chi connectivity index (χ0n) is 14.0. The van der Waals surface area contributed by atoms with Crippen LogP contribution in [0.15, 0.2) is 0 Å². The summed E-state index contributed by atoms with van der Waals surface area (Å²) < 4.78 is 5.28. The molecule has 1 amide bonds. The monoisotopic (exact) mass is 316 g/mol. The Kier molecular flexibility index (Phi) is 5.81. The number of hydrogen-bond donors (Lipinski definition) is 3. The molecule has 1 rings (SSSR count). The van der Waals surface area contributed by atoms with Gasteiger partial charge in [-0.25, -0.2) is 4.79 Å². The third-order valence-corrected chi connectivity index (χ3v) is 3.38. The number of nitrogens with one attached hydrogen (secondary N) is 1. The summed E-state index contributed by atoms with van der Waals surface area (Å²) in [5, 5.41) is 21.8. The minimum absolute atomic E-state index is 0.0415. The molecule has 0 aromatic heterocycles. The van der Waals surface area contributed by atoms with Gasteiger partial charge in [0.2, 0.25) is 0 Å². The summed E-state index contributed by atoms with van der Waals surface area (Å²) in [4.78, 5) is 24.6. The first-order chi connectivity index (χ1) is 9.92. The summed E-state index contributed by atoms with van der Waals surface area (Å²) in [7, 11) is 0. The number of aliphatic carboxylic acids is 1. The molecule has 0 aromatic carbocycles. The number of aliphatic hydroxyl groups excluding tert-OH is 1. The number of amides is 1. The van der Waals surface area contributed by atoms with Crippen LogP contribution >= 0.6 is 0 Å². The Hall–Kier alpha value is -1.34. The second kappa shape index (κ2) is 6.83. The molecular formula is C15H28N2O5. The number of nitrogens with zero attached hydrogens (tertiary/aromatic N) is 1. The van der Waals surface area contributed by atoms with Crippen molar-refractivity contribution in [2.75, 3.05) is 13.1 Å². The Morgan fingerprint density at radius 1 is 1.32 bits per heavy atom. The van der Waals surface area contributed by atoms with Gasteiger partial charge in [-0.3, -0.25) is 4.79 Å². The molecule has 1 aliphatic rings. The molecule has 2 atom stereocenters. The molecule has 3 N–H and O–H groups in total. The molecule has 22 heavy (non-hydrogen) atoms. The van der Waals surface area contributed by atoms with Crippen LogP contribution in [0.5, 0.6) is 0 Å². The SMILES string of the molecule is CC(O)CC(C)NC1(CC(=O)O)CN(C(=O)OC(C)(C)C)C1. The zero-order valence-corrected chi connectivity index (χ0v) is 14.0. The molecular weight excluding hydrogens is 288 g/mol. The molecule has 7 heteroatoms. The molecule has 7 nitrogen and oxygen atoms in total. The first-order valence-electron chi connectivity index (χ1n) is 7.58. The van der Waals surface area contributed by atoms with Gasteiger partial charge in [-0.05, 0) is 41.0 Å². The van der Waals surface area contributed by atoms with Crippen molar-refractivity contribution in [3.05, 3.63) is 0 Å². The molecule has 0 aromatic rings. The predicted octanol–water partition coefficient (Wildman–Crippen LogP) is 1.20. The van der Waals surface area contributed by atoms with Crippen molar-refractivity contribution >= 4 is 12.1 Å². The Labute approximate surface area is 131 Å². The van der Waals surface area contributed by atoms with E-state index in [1.807, 2.05) is 6.92 Å². The van der Waals surface area contributed by atoms with Crippen LogP contribution in [-0.4, -0.2) is 63.6 Å². The maximum absolute atomic E-state index is 12.0. The maximum atomic E-state index is 12.0. The molecule has 128 valence electrons. The largest absolute Gasteiger partial charge is 0.481 e. The van der Waals surface area contributed by atoms with Crippen molar-refractivity contribution in [1.82, 2.24) is 10.2 Å². The Balaban J connectivity index is 2.63. The molecule has 0 spiro atoms. The van der Waals surface area contributed by atoms with Crippen LogP contribution < -0.4 is 5.32 Å². The minimum atomic E-state index is -0.916. The summed E-state index contributed by atoms with van der Waals surface area (Å²) in [6.45, 7) is 9.54. The van der Waals surface area contributed by atoms with E-state index in [9.17, 15) is 14.7 Å². The summed E-state index contributed by atoms with van der Waals surface area (Å²) in [5.41, 5.74) is -1.23. The highest BCUT2D eigenvalue weighted by Gasteiger charge is 2.48. The van der Waals surface area contributed by atoms with Crippen LogP contribution in [0.2, 0.25) is 0 Å². The number of aliphatic hydroxyl groups is 1. The van der Waals surface area contributed by atoms with Crippen LogP contribution in [0.3, 0.4) is 0 Å². The number of carbonyl (C=O) groups is 2. The summed E-state index contributed by atoms with van der Waals surface area (Å²) >= 11 is 0. The Morgan fingerprint density at radius 2 is 1.86 bits per heavy atom. The van der Waals surface area contributed by atoms with E-state index in [1.54, 1.807) is 27.7 Å². The van der Waals surface area contributed by atoms with Gasteiger partial charge in [-0.2, -0.15) is 0 Å². The van der Waals surface area contributed by atoms with E-state index in [4.69, 9.17) is 9.84 Å². The highest BCUT2D eigenvalue weighted by atomic mass is 16.6. The average molecular weight is 316 g/mol. The lowest BCUT2D eigenvalue weighted by atomic mass is 9.85. The van der Waals surface area contributed by atoms with Gasteiger partial charge >= 0.3 is 12.1 Å². The highest BCUT2D eigenvalue weighted by Crippen LogP contribution is 2.27. The van der Waals surface area contributed by atoms with Gasteiger partial charge in [0.1, 0.15) is 5.60 Å². The molecule has 0 bridgehead atoms. The van der Waals surface area contributed by atoms with Crippen LogP contribution in [0.1, 0.15) is 47.5 Å². The molecule has 1 fully saturated rings. The fraction of sp³-hybridized carbons (Fsp3) is 0.867. The Bertz CT molecular complexity index is 411. The second-order valence-electron chi connectivity index (χ2n) is 7.32. The second-order valence-corrected chi connectivity index (χ2v) is 7.32. The number of carboxylic acid groups (broad SMARTS) is 1. The molecule has 0 radical (unpaired) electrons. The minimum Gasteiger partial charge on any atom is -0.481 e. The van der Waals surface area contributed by atoms with Gasteiger partial charge in [0, 0.05) is 19.1 Å². The topological polar surface area (TPSA) is 99.1 Å². The van der Waals surface area contributed by atoms with E-state index < -0.39 is 29.3 Å². The van der Waals surface area contributed by atoms with Crippen molar-refractivity contribution < 1.29 is 24.5 Å². The fourth-order valence-corrected chi connectivity index (χ4v) is 2.78. The average Bonchev–Trinajstić information content (AvgIpc) is 2.19. The normalized spacial score (nSPS) is 20.0. The van der Waals surface area contributed by atoms with Crippen LogP contribution in [0.4, 0.5) is 4.79 Å². The van der Waals surface area contributed by atoms with Gasteiger partial charge in [0.15, 0.2) is 0 Å². The molecule has 2 unspecified atom stereocenters. The predicted molar refractivity (Wildman–Crippen MR) is 81.7 cm³/mol. The summed E-state index contributed by atoms with van der Waals surface area (Å²) in [5.74, 6) is -0.916. The first kappa shape index (κ1) is 18.7. The van der Waals surface area contributed by atoms with Crippen molar-refractivity contribution in [3.63, 3.8) is 0 Å². The Morgan fingerprint density at radius 3 is 2.27 bits per heavy atom. The van der Waals surface area contributed by atoms with Crippen LogP contribution in [-0.2, 0) is 9.53 Å². The maximum Gasteiger partial charge on any atom is 0.410 e. The standard InChI is InChI=1S/C15H28N2O5/c1-10(6-11(2)18)16-15(7-12(19)20)8-17(9-15)13(21)22-14(3,4)5/h10-11,16,18H,6-9H2,1-5H3,(H,19,20). The van der Waals surface area contributed by atoms with Gasteiger partial charge < -0.3 is 25.2 Å². The van der Waals surface area contributed by atoms with Crippen LogP contribution in [0, 0.1) is 0 Å². The quantitative estimate of drug-likeness (QED) is 0.681. The van der Waals surface area contributed by atoms with Crippen LogP contribution in [0.25, 0.3) is 0 Å². The fourth-order valence-electron chi connectivity index (χ4n) is 2.78. The van der Waals surface area contributed by atoms with Crippen molar-refractivity contribution in [1.29, 1.82) is 0 Å². The number of hydrogen-bond acceptors (Lipinski definition) is 5. The van der Waals surface area contributed by atoms with E-state index in [1.165, 1.54) is 4.90 Å². The third-order valence-electron chi connectivity index (χ3n) is 3.38. The van der Waals surface area contributed by atoms with E-state index >= 15 is 0 Å². The molecule has 1 saturated heterocycles. The number of rotatable bonds is 6. The molecule has 1 aliphatic heterocycles. The smallest absolute Gasteiger partial charge is 0.410 e. The molecule has 0 aliphatic carbocycles. The summed E-state index contributed by atoms with van der Waals surface area (Å²) in [6, 6.07) is -0.0415. The third kappa shape index (κ3) is 5.81. The number of ether oxygens (including phenoxy) is 1.